The van der Waals surface area contributed by atoms with Gasteiger partial charge in [-0.25, -0.2) is 9.97 Å². The Balaban J connectivity index is 0.00000240. The average Bonchev–Trinajstić information content (AvgIpc) is 3.22. The number of hydrogen-bond donors (Lipinski definition) is 1. The molecule has 0 fully saturated rings. The molecule has 0 radical (unpaired) electrons. The Labute approximate surface area is 169 Å². The number of aromatic nitrogens is 3. The first-order chi connectivity index (χ1) is 13.7. The van der Waals surface area contributed by atoms with Crippen molar-refractivity contribution in [3.8, 4) is 28.8 Å². The predicted molar refractivity (Wildman–Crippen MR) is 113 cm³/mol. The van der Waals surface area contributed by atoms with E-state index in [0.29, 0.717) is 28.7 Å². The summed E-state index contributed by atoms with van der Waals surface area (Å²) in [5.74, 6) is 1.83. The molecule has 0 unspecified atom stereocenters. The number of fused-ring (bicyclic) bond motifs is 1. The maximum Gasteiger partial charge on any atom is 0.213 e. The number of para-hydroxylation sites is 1. The highest BCUT2D eigenvalue weighted by atomic mass is 16.5. The molecular formula is C22H21N5O2. The minimum absolute atomic E-state index is 0. The van der Waals surface area contributed by atoms with Gasteiger partial charge in [-0.2, -0.15) is 5.26 Å². The van der Waals surface area contributed by atoms with Crippen molar-refractivity contribution in [2.45, 2.75) is 7.43 Å². The summed E-state index contributed by atoms with van der Waals surface area (Å²) in [6.07, 6.45) is 3.52. The molecule has 0 spiro atoms. The van der Waals surface area contributed by atoms with Crippen molar-refractivity contribution >= 4 is 17.3 Å². The summed E-state index contributed by atoms with van der Waals surface area (Å²) in [6.45, 7) is 0. The van der Waals surface area contributed by atoms with Crippen molar-refractivity contribution in [1.82, 2.24) is 14.4 Å². The fourth-order valence-electron chi connectivity index (χ4n) is 2.97. The van der Waals surface area contributed by atoms with Crippen molar-refractivity contribution in [2.24, 2.45) is 0 Å². The van der Waals surface area contributed by atoms with Crippen LogP contribution in [0.4, 0.5) is 11.6 Å². The first-order valence-corrected chi connectivity index (χ1v) is 8.56. The normalized spacial score (nSPS) is 10.1. The van der Waals surface area contributed by atoms with E-state index in [4.69, 9.17) is 14.5 Å². The van der Waals surface area contributed by atoms with E-state index in [9.17, 15) is 5.26 Å². The topological polar surface area (TPSA) is 84.5 Å². The molecule has 0 amide bonds. The van der Waals surface area contributed by atoms with Gasteiger partial charge in [0.2, 0.25) is 5.95 Å². The maximum absolute atomic E-state index is 9.35. The van der Waals surface area contributed by atoms with E-state index in [0.717, 1.165) is 16.9 Å². The third-order valence-electron chi connectivity index (χ3n) is 4.36. The van der Waals surface area contributed by atoms with Gasteiger partial charge >= 0.3 is 0 Å². The van der Waals surface area contributed by atoms with Gasteiger partial charge in [0, 0.05) is 24.0 Å². The number of hydrogen-bond acceptors (Lipinski definition) is 6. The van der Waals surface area contributed by atoms with Crippen molar-refractivity contribution in [3.63, 3.8) is 0 Å². The molecule has 4 rings (SSSR count). The number of imidazole rings is 1. The molecule has 0 bridgehead atoms. The Morgan fingerprint density at radius 1 is 1.03 bits per heavy atom. The predicted octanol–water partition coefficient (Wildman–Crippen LogP) is 4.66. The van der Waals surface area contributed by atoms with Crippen LogP contribution >= 0.6 is 0 Å². The van der Waals surface area contributed by atoms with Gasteiger partial charge < -0.3 is 14.8 Å². The highest BCUT2D eigenvalue weighted by molar-refractivity contribution is 5.71. The van der Waals surface area contributed by atoms with E-state index in [-0.39, 0.29) is 7.43 Å². The maximum atomic E-state index is 9.35. The molecule has 0 saturated carbocycles. The van der Waals surface area contributed by atoms with Gasteiger partial charge in [-0.15, -0.1) is 0 Å². The van der Waals surface area contributed by atoms with Crippen LogP contribution < -0.4 is 14.8 Å². The summed E-state index contributed by atoms with van der Waals surface area (Å²) < 4.78 is 12.5. The van der Waals surface area contributed by atoms with Crippen LogP contribution in [-0.4, -0.2) is 28.6 Å². The highest BCUT2D eigenvalue weighted by Crippen LogP contribution is 2.32. The van der Waals surface area contributed by atoms with E-state index in [2.05, 4.69) is 16.4 Å². The van der Waals surface area contributed by atoms with Gasteiger partial charge in [0.1, 0.15) is 11.7 Å². The number of ether oxygens (including phenoxy) is 2. The zero-order chi connectivity index (χ0) is 19.5. The molecule has 7 heteroatoms. The molecule has 2 aromatic heterocycles. The number of benzene rings is 2. The first-order valence-electron chi connectivity index (χ1n) is 8.56. The van der Waals surface area contributed by atoms with Crippen molar-refractivity contribution in [1.29, 1.82) is 5.26 Å². The zero-order valence-electron chi connectivity index (χ0n) is 15.4. The van der Waals surface area contributed by atoms with E-state index in [1.54, 1.807) is 26.5 Å². The number of nitrogens with one attached hydrogen (secondary N) is 1. The Morgan fingerprint density at radius 3 is 2.59 bits per heavy atom. The number of methoxy groups -OCH3 is 2. The van der Waals surface area contributed by atoms with Crippen molar-refractivity contribution in [2.75, 3.05) is 19.5 Å². The van der Waals surface area contributed by atoms with Gasteiger partial charge in [-0.1, -0.05) is 19.6 Å². The minimum Gasteiger partial charge on any atom is -0.493 e. The molecule has 0 aliphatic carbocycles. The number of nitrogens with zero attached hydrogens (tertiary/aromatic N) is 4. The van der Waals surface area contributed by atoms with Gasteiger partial charge in [0.05, 0.1) is 31.2 Å². The molecule has 0 saturated heterocycles. The highest BCUT2D eigenvalue weighted by Gasteiger charge is 2.12. The molecule has 0 atom stereocenters. The second-order valence-corrected chi connectivity index (χ2v) is 5.97. The molecule has 29 heavy (non-hydrogen) atoms. The minimum atomic E-state index is 0. The SMILES string of the molecule is C.COc1ccc(-c2cc3nccn3c(Nc3ccccc3C#N)n2)cc1OC. The van der Waals surface area contributed by atoms with Crippen LogP contribution in [0.1, 0.15) is 13.0 Å². The monoisotopic (exact) mass is 387 g/mol. The molecular weight excluding hydrogens is 366 g/mol. The van der Waals surface area contributed by atoms with Gasteiger partial charge in [-0.05, 0) is 30.3 Å². The van der Waals surface area contributed by atoms with E-state index in [1.165, 1.54) is 0 Å². The summed E-state index contributed by atoms with van der Waals surface area (Å²) in [4.78, 5) is 9.14. The first kappa shape index (κ1) is 19.7. The third kappa shape index (κ3) is 3.69. The molecule has 2 aromatic carbocycles. The molecule has 0 aliphatic rings. The van der Waals surface area contributed by atoms with Crippen LogP contribution in [0.5, 0.6) is 11.5 Å². The third-order valence-corrected chi connectivity index (χ3v) is 4.36. The second-order valence-electron chi connectivity index (χ2n) is 5.97. The Morgan fingerprint density at radius 2 is 1.83 bits per heavy atom. The van der Waals surface area contributed by atoms with Crippen LogP contribution in [0.2, 0.25) is 0 Å². The lowest BCUT2D eigenvalue weighted by atomic mass is 10.1. The average molecular weight is 387 g/mol. The molecule has 2 heterocycles. The molecule has 1 N–H and O–H groups in total. The lowest BCUT2D eigenvalue weighted by molar-refractivity contribution is 0.355. The zero-order valence-corrected chi connectivity index (χ0v) is 15.4. The fourth-order valence-corrected chi connectivity index (χ4v) is 2.97. The smallest absolute Gasteiger partial charge is 0.213 e. The number of nitriles is 1. The largest absolute Gasteiger partial charge is 0.493 e. The Kier molecular flexibility index (Phi) is 5.65. The summed E-state index contributed by atoms with van der Waals surface area (Å²) in [5, 5.41) is 12.6. The van der Waals surface area contributed by atoms with Gasteiger partial charge in [-0.3, -0.25) is 4.40 Å². The van der Waals surface area contributed by atoms with Crippen LogP contribution in [0.25, 0.3) is 16.9 Å². The van der Waals surface area contributed by atoms with E-state index < -0.39 is 0 Å². The number of rotatable bonds is 5. The lowest BCUT2D eigenvalue weighted by Crippen LogP contribution is -2.03. The Bertz CT molecular complexity index is 1190. The standard InChI is InChI=1S/C21H17N5O2.CH4/c1-27-18-8-7-14(11-19(18)28-2)17-12-20-23-9-10-26(20)21(25-17)24-16-6-4-3-5-15(16)13-22;/h3-12H,1-2H3,(H,24,25);1H4. The van der Waals surface area contributed by atoms with Crippen LogP contribution in [-0.2, 0) is 0 Å². The second kappa shape index (κ2) is 8.31. The fraction of sp³-hybridized carbons (Fsp3) is 0.136. The summed E-state index contributed by atoms with van der Waals surface area (Å²) in [7, 11) is 3.19. The van der Waals surface area contributed by atoms with Crippen LogP contribution in [0.3, 0.4) is 0 Å². The summed E-state index contributed by atoms with van der Waals surface area (Å²) >= 11 is 0. The Hall–Kier alpha value is -4.05. The van der Waals surface area contributed by atoms with E-state index >= 15 is 0 Å². The molecule has 4 aromatic rings. The molecule has 146 valence electrons. The van der Waals surface area contributed by atoms with Crippen molar-refractivity contribution in [3.05, 3.63) is 66.5 Å². The number of anilines is 2. The van der Waals surface area contributed by atoms with Crippen molar-refractivity contribution < 1.29 is 9.47 Å². The lowest BCUT2D eigenvalue weighted by Gasteiger charge is -2.13. The summed E-state index contributed by atoms with van der Waals surface area (Å²) in [6, 6.07) is 17.0. The van der Waals surface area contributed by atoms with Crippen LogP contribution in [0, 0.1) is 11.3 Å². The van der Waals surface area contributed by atoms with Gasteiger partial charge in [0.25, 0.3) is 0 Å². The quantitative estimate of drug-likeness (QED) is 0.536. The van der Waals surface area contributed by atoms with Gasteiger partial charge in [0.15, 0.2) is 11.5 Å². The van der Waals surface area contributed by atoms with E-state index in [1.807, 2.05) is 53.1 Å². The van der Waals surface area contributed by atoms with Crippen LogP contribution in [0.15, 0.2) is 60.9 Å². The molecule has 7 nitrogen and oxygen atoms in total. The summed E-state index contributed by atoms with van der Waals surface area (Å²) in [5.41, 5.74) is 3.53. The molecule has 0 aliphatic heterocycles.